The number of carbonyl (C=O) groups excluding carboxylic acids is 2. The molecule has 0 N–H and O–H groups in total. The monoisotopic (exact) mass is 196 g/mol. The van der Waals surface area contributed by atoms with Crippen LogP contribution >= 0.6 is 0 Å². The molecule has 0 aliphatic heterocycles. The molecule has 14 heavy (non-hydrogen) atoms. The number of aliphatic carboxylic acids is 2. The number of hydrogen-bond donors (Lipinski definition) is 0. The van der Waals surface area contributed by atoms with Crippen molar-refractivity contribution in [3.05, 3.63) is 0 Å². The van der Waals surface area contributed by atoms with Crippen LogP contribution in [-0.4, -0.2) is 11.9 Å². The van der Waals surface area contributed by atoms with Crippen molar-refractivity contribution in [3.8, 4) is 0 Å². The van der Waals surface area contributed by atoms with Crippen molar-refractivity contribution in [1.82, 2.24) is 0 Å². The largest absolute Gasteiger partial charge is 0.550 e. The SMILES string of the molecule is O=C([O-])C1CCC2(C(=O)[O-])CCCC12. The van der Waals surface area contributed by atoms with Gasteiger partial charge >= 0.3 is 0 Å². The second-order valence-electron chi connectivity index (χ2n) is 4.41. The normalized spacial score (nSPS) is 40.9. The average molecular weight is 196 g/mol. The number of fused-ring (bicyclic) bond motifs is 1. The molecule has 3 unspecified atom stereocenters. The van der Waals surface area contributed by atoms with E-state index in [2.05, 4.69) is 0 Å². The number of rotatable bonds is 2. The van der Waals surface area contributed by atoms with Crippen molar-refractivity contribution in [2.75, 3.05) is 0 Å². The van der Waals surface area contributed by atoms with Gasteiger partial charge in [0.15, 0.2) is 0 Å². The lowest BCUT2D eigenvalue weighted by Crippen LogP contribution is -2.45. The molecule has 0 bridgehead atoms. The van der Waals surface area contributed by atoms with E-state index >= 15 is 0 Å². The summed E-state index contributed by atoms with van der Waals surface area (Å²) >= 11 is 0. The smallest absolute Gasteiger partial charge is 0.0479 e. The highest BCUT2D eigenvalue weighted by atomic mass is 16.4. The predicted molar refractivity (Wildman–Crippen MR) is 42.5 cm³/mol. The molecule has 2 aliphatic carbocycles. The third-order valence-electron chi connectivity index (χ3n) is 3.94. The van der Waals surface area contributed by atoms with Crippen LogP contribution in [0.5, 0.6) is 0 Å². The van der Waals surface area contributed by atoms with Crippen molar-refractivity contribution in [2.45, 2.75) is 32.1 Å². The predicted octanol–water partition coefficient (Wildman–Crippen LogP) is -1.32. The standard InChI is InChI=1S/C10H14O4/c11-8(12)6-3-5-10(9(13)14)4-1-2-7(6)10/h6-7H,1-5H2,(H,11,12)(H,13,14)/p-2. The number of hydrogen-bond acceptors (Lipinski definition) is 4. The summed E-state index contributed by atoms with van der Waals surface area (Å²) in [6.07, 6.45) is 2.93. The lowest BCUT2D eigenvalue weighted by atomic mass is 9.78. The lowest BCUT2D eigenvalue weighted by Gasteiger charge is -2.32. The highest BCUT2D eigenvalue weighted by Gasteiger charge is 2.52. The Bertz CT molecular complexity index is 286. The maximum absolute atomic E-state index is 11.0. The Labute approximate surface area is 81.9 Å². The molecule has 0 aromatic rings. The first-order chi connectivity index (χ1) is 6.58. The van der Waals surface area contributed by atoms with Crippen LogP contribution < -0.4 is 10.2 Å². The molecule has 4 heteroatoms. The molecule has 0 amide bonds. The van der Waals surface area contributed by atoms with Crippen LogP contribution in [0.15, 0.2) is 0 Å². The Balaban J connectivity index is 2.28. The van der Waals surface area contributed by atoms with E-state index in [1.165, 1.54) is 0 Å². The van der Waals surface area contributed by atoms with Gasteiger partial charge in [0.05, 0.1) is 0 Å². The van der Waals surface area contributed by atoms with E-state index in [0.29, 0.717) is 25.7 Å². The van der Waals surface area contributed by atoms with E-state index in [1.807, 2.05) is 0 Å². The molecular weight excluding hydrogens is 184 g/mol. The van der Waals surface area contributed by atoms with Gasteiger partial charge in [-0.2, -0.15) is 0 Å². The summed E-state index contributed by atoms with van der Waals surface area (Å²) < 4.78 is 0. The molecule has 0 aromatic heterocycles. The second kappa shape index (κ2) is 2.97. The third-order valence-corrected chi connectivity index (χ3v) is 3.94. The maximum atomic E-state index is 11.0. The first-order valence-corrected chi connectivity index (χ1v) is 5.00. The summed E-state index contributed by atoms with van der Waals surface area (Å²) in [5.41, 5.74) is -0.856. The van der Waals surface area contributed by atoms with Crippen molar-refractivity contribution in [3.63, 3.8) is 0 Å². The minimum Gasteiger partial charge on any atom is -0.550 e. The fourth-order valence-electron chi connectivity index (χ4n) is 3.25. The van der Waals surface area contributed by atoms with Crippen LogP contribution in [0.25, 0.3) is 0 Å². The zero-order valence-corrected chi connectivity index (χ0v) is 7.82. The topological polar surface area (TPSA) is 80.3 Å². The Morgan fingerprint density at radius 2 is 1.86 bits per heavy atom. The van der Waals surface area contributed by atoms with Gasteiger partial charge in [-0.1, -0.05) is 6.42 Å². The number of carboxylic acid groups (broad SMARTS) is 2. The molecule has 0 heterocycles. The number of carbonyl (C=O) groups is 2. The van der Waals surface area contributed by atoms with Gasteiger partial charge in [0.25, 0.3) is 0 Å². The Hall–Kier alpha value is -1.06. The Kier molecular flexibility index (Phi) is 2.01. The van der Waals surface area contributed by atoms with Crippen molar-refractivity contribution < 1.29 is 19.8 Å². The fraction of sp³-hybridized carbons (Fsp3) is 0.800. The molecular formula is C10H12O4-2. The number of carboxylic acids is 2. The average Bonchev–Trinajstić information content (AvgIpc) is 2.58. The minimum atomic E-state index is -1.10. The van der Waals surface area contributed by atoms with Gasteiger partial charge in [0, 0.05) is 23.3 Å². The molecule has 4 nitrogen and oxygen atoms in total. The molecule has 3 atom stereocenters. The van der Waals surface area contributed by atoms with Gasteiger partial charge in [-0.15, -0.1) is 0 Å². The van der Waals surface area contributed by atoms with E-state index in [-0.39, 0.29) is 5.92 Å². The van der Waals surface area contributed by atoms with Gasteiger partial charge in [0.1, 0.15) is 0 Å². The van der Waals surface area contributed by atoms with E-state index < -0.39 is 23.3 Å². The molecule has 2 fully saturated rings. The van der Waals surface area contributed by atoms with Crippen LogP contribution in [0, 0.1) is 17.3 Å². The van der Waals surface area contributed by atoms with Crippen LogP contribution in [-0.2, 0) is 9.59 Å². The maximum Gasteiger partial charge on any atom is 0.0479 e. The van der Waals surface area contributed by atoms with E-state index in [1.54, 1.807) is 0 Å². The van der Waals surface area contributed by atoms with Crippen LogP contribution in [0.1, 0.15) is 32.1 Å². The van der Waals surface area contributed by atoms with Gasteiger partial charge in [-0.3, -0.25) is 0 Å². The first-order valence-electron chi connectivity index (χ1n) is 5.00. The highest BCUT2D eigenvalue weighted by Crippen LogP contribution is 2.56. The van der Waals surface area contributed by atoms with Gasteiger partial charge in [-0.25, -0.2) is 0 Å². The lowest BCUT2D eigenvalue weighted by molar-refractivity contribution is -0.322. The zero-order chi connectivity index (χ0) is 10.3. The quantitative estimate of drug-likeness (QED) is 0.548. The first kappa shape index (κ1) is 9.49. The van der Waals surface area contributed by atoms with E-state index in [9.17, 15) is 19.8 Å². The highest BCUT2D eigenvalue weighted by molar-refractivity contribution is 5.77. The van der Waals surface area contributed by atoms with Crippen LogP contribution in [0.3, 0.4) is 0 Å². The fourth-order valence-corrected chi connectivity index (χ4v) is 3.25. The van der Waals surface area contributed by atoms with Gasteiger partial charge < -0.3 is 19.8 Å². The molecule has 0 radical (unpaired) electrons. The summed E-state index contributed by atoms with van der Waals surface area (Å²) in [7, 11) is 0. The zero-order valence-electron chi connectivity index (χ0n) is 7.82. The van der Waals surface area contributed by atoms with Gasteiger partial charge in [0.2, 0.25) is 0 Å². The summed E-state index contributed by atoms with van der Waals surface area (Å²) in [5.74, 6) is -2.99. The van der Waals surface area contributed by atoms with Crippen molar-refractivity contribution >= 4 is 11.9 Å². The Morgan fingerprint density at radius 3 is 2.43 bits per heavy atom. The summed E-state index contributed by atoms with van der Waals surface area (Å²) in [5, 5.41) is 21.8. The van der Waals surface area contributed by atoms with Crippen molar-refractivity contribution in [2.24, 2.45) is 17.3 Å². The van der Waals surface area contributed by atoms with Crippen LogP contribution in [0.2, 0.25) is 0 Å². The van der Waals surface area contributed by atoms with E-state index in [4.69, 9.17) is 0 Å². The molecule has 0 saturated heterocycles. The molecule has 2 rings (SSSR count). The minimum absolute atomic E-state index is 0.252. The second-order valence-corrected chi connectivity index (χ2v) is 4.41. The summed E-state index contributed by atoms with van der Waals surface area (Å²) in [6, 6.07) is 0. The third kappa shape index (κ3) is 1.06. The van der Waals surface area contributed by atoms with Gasteiger partial charge in [-0.05, 0) is 31.6 Å². The Morgan fingerprint density at radius 1 is 1.14 bits per heavy atom. The van der Waals surface area contributed by atoms with Crippen molar-refractivity contribution in [1.29, 1.82) is 0 Å². The van der Waals surface area contributed by atoms with Crippen LogP contribution in [0.4, 0.5) is 0 Å². The molecule has 0 spiro atoms. The summed E-state index contributed by atoms with van der Waals surface area (Å²) in [4.78, 5) is 21.8. The molecule has 2 saturated carbocycles. The molecule has 78 valence electrons. The molecule has 2 aliphatic rings. The molecule has 0 aromatic carbocycles. The summed E-state index contributed by atoms with van der Waals surface area (Å²) in [6.45, 7) is 0. The van der Waals surface area contributed by atoms with E-state index in [0.717, 1.165) is 6.42 Å².